The Labute approximate surface area is 209 Å². The number of hydrogen-bond acceptors (Lipinski definition) is 2. The lowest BCUT2D eigenvalue weighted by Gasteiger charge is -2.30. The second-order valence-corrected chi connectivity index (χ2v) is 14.4. The first kappa shape index (κ1) is 28.3. The average molecular weight is 467 g/mol. The average Bonchev–Trinajstić information content (AvgIpc) is 2.63. The Morgan fingerprint density at radius 1 is 0.559 bits per heavy atom. The highest BCUT2D eigenvalue weighted by Crippen LogP contribution is 2.43. The van der Waals surface area contributed by atoms with Crippen LogP contribution in [0.15, 0.2) is 24.3 Å². The fraction of sp³-hybridized carbons (Fsp3) is 0.625. The lowest BCUT2D eigenvalue weighted by molar-refractivity contribution is 0.422. The maximum Gasteiger partial charge on any atom is 0.123 e. The van der Waals surface area contributed by atoms with Gasteiger partial charge in [0.15, 0.2) is 0 Å². The van der Waals surface area contributed by atoms with E-state index in [0.29, 0.717) is 17.4 Å². The topological polar surface area (TPSA) is 40.5 Å². The molecule has 0 aliphatic heterocycles. The minimum Gasteiger partial charge on any atom is -0.507 e. The van der Waals surface area contributed by atoms with E-state index in [9.17, 15) is 10.2 Å². The van der Waals surface area contributed by atoms with Gasteiger partial charge in [-0.1, -0.05) is 114 Å². The number of aryl methyl sites for hydroxylation is 1. The number of rotatable bonds is 4. The molecular weight excluding hydrogens is 416 g/mol. The summed E-state index contributed by atoms with van der Waals surface area (Å²) in [4.78, 5) is 0. The van der Waals surface area contributed by atoms with Crippen LogP contribution in [0.2, 0.25) is 0 Å². The molecule has 1 atom stereocenters. The third kappa shape index (κ3) is 6.37. The molecule has 190 valence electrons. The van der Waals surface area contributed by atoms with Crippen molar-refractivity contribution in [3.8, 4) is 11.5 Å². The van der Waals surface area contributed by atoms with Gasteiger partial charge in [-0.15, -0.1) is 0 Å². The van der Waals surface area contributed by atoms with Crippen molar-refractivity contribution >= 4 is 0 Å². The Hall–Kier alpha value is -1.96. The molecule has 0 aromatic heterocycles. The van der Waals surface area contributed by atoms with Gasteiger partial charge in [0.05, 0.1) is 0 Å². The largest absolute Gasteiger partial charge is 0.507 e. The van der Waals surface area contributed by atoms with Crippen molar-refractivity contribution in [3.63, 3.8) is 0 Å². The minimum atomic E-state index is -0.125. The van der Waals surface area contributed by atoms with E-state index in [1.807, 2.05) is 0 Å². The van der Waals surface area contributed by atoms with Crippen molar-refractivity contribution in [2.45, 2.75) is 130 Å². The molecule has 0 amide bonds. The number of benzene rings is 2. The summed E-state index contributed by atoms with van der Waals surface area (Å²) in [5.74, 6) is 1.24. The van der Waals surface area contributed by atoms with Crippen LogP contribution in [0.3, 0.4) is 0 Å². The Morgan fingerprint density at radius 2 is 0.853 bits per heavy atom. The molecule has 2 aromatic rings. The van der Waals surface area contributed by atoms with Crippen LogP contribution < -0.4 is 0 Å². The highest BCUT2D eigenvalue weighted by Gasteiger charge is 2.29. The maximum absolute atomic E-state index is 11.1. The Kier molecular flexibility index (Phi) is 7.69. The van der Waals surface area contributed by atoms with Crippen molar-refractivity contribution in [3.05, 3.63) is 57.6 Å². The van der Waals surface area contributed by atoms with Crippen LogP contribution in [0, 0.1) is 0 Å². The normalized spacial score (nSPS) is 14.4. The third-order valence-corrected chi connectivity index (χ3v) is 6.97. The zero-order chi connectivity index (χ0) is 26.4. The second-order valence-electron chi connectivity index (χ2n) is 14.4. The summed E-state index contributed by atoms with van der Waals surface area (Å²) >= 11 is 0. The van der Waals surface area contributed by atoms with Gasteiger partial charge in [0.2, 0.25) is 0 Å². The summed E-state index contributed by atoms with van der Waals surface area (Å²) < 4.78 is 0. The fourth-order valence-corrected chi connectivity index (χ4v) is 4.62. The predicted molar refractivity (Wildman–Crippen MR) is 148 cm³/mol. The highest BCUT2D eigenvalue weighted by molar-refractivity contribution is 5.51. The Balaban J connectivity index is 2.48. The number of hydrogen-bond donors (Lipinski definition) is 2. The van der Waals surface area contributed by atoms with Gasteiger partial charge in [-0.05, 0) is 73.8 Å². The molecule has 0 saturated heterocycles. The van der Waals surface area contributed by atoms with E-state index >= 15 is 0 Å². The first-order valence-electron chi connectivity index (χ1n) is 12.9. The molecule has 0 aliphatic rings. The van der Waals surface area contributed by atoms with E-state index in [-0.39, 0.29) is 21.7 Å². The van der Waals surface area contributed by atoms with Gasteiger partial charge in [-0.2, -0.15) is 0 Å². The molecule has 2 rings (SSSR count). The monoisotopic (exact) mass is 466 g/mol. The maximum atomic E-state index is 11.1. The molecule has 0 aliphatic carbocycles. The Morgan fingerprint density at radius 3 is 1.15 bits per heavy atom. The fourth-order valence-electron chi connectivity index (χ4n) is 4.62. The quantitative estimate of drug-likeness (QED) is 0.472. The molecule has 2 nitrogen and oxygen atoms in total. The zero-order valence-corrected chi connectivity index (χ0v) is 24.2. The summed E-state index contributed by atoms with van der Waals surface area (Å²) in [5.41, 5.74) is 6.18. The van der Waals surface area contributed by atoms with Crippen molar-refractivity contribution < 1.29 is 10.2 Å². The smallest absolute Gasteiger partial charge is 0.123 e. The molecule has 0 saturated carbocycles. The van der Waals surface area contributed by atoms with Gasteiger partial charge >= 0.3 is 0 Å². The molecule has 34 heavy (non-hydrogen) atoms. The Bertz CT molecular complexity index is 945. The molecule has 0 heterocycles. The lowest BCUT2D eigenvalue weighted by atomic mass is 9.76. The molecule has 0 unspecified atom stereocenters. The van der Waals surface area contributed by atoms with E-state index in [2.05, 4.69) is 114 Å². The standard InChI is InChI=1S/C32H50O2/c1-20(22-18-25(31(8,9)10)28(34)26(19-22)32(11,12)13)14-15-21-16-23(29(2,3)4)27(33)24(17-21)30(5,6)7/h16-20,33-34H,14-15H2,1-13H3/t20-/m1/s1. The van der Waals surface area contributed by atoms with Crippen molar-refractivity contribution in [2.75, 3.05) is 0 Å². The molecule has 2 N–H and O–H groups in total. The molecule has 2 aromatic carbocycles. The number of phenolic OH excluding ortho intramolecular Hbond substituents is 2. The van der Waals surface area contributed by atoms with Crippen LogP contribution in [-0.2, 0) is 28.1 Å². The minimum absolute atomic E-state index is 0.119. The van der Waals surface area contributed by atoms with Crippen LogP contribution >= 0.6 is 0 Å². The number of aromatic hydroxyl groups is 2. The van der Waals surface area contributed by atoms with E-state index < -0.39 is 0 Å². The van der Waals surface area contributed by atoms with E-state index in [1.54, 1.807) is 0 Å². The summed E-state index contributed by atoms with van der Waals surface area (Å²) in [5, 5.41) is 22.1. The van der Waals surface area contributed by atoms with Crippen LogP contribution in [0.1, 0.15) is 136 Å². The summed E-state index contributed by atoms with van der Waals surface area (Å²) in [7, 11) is 0. The summed E-state index contributed by atoms with van der Waals surface area (Å²) in [6, 6.07) is 8.84. The SMILES string of the molecule is C[C@H](CCc1cc(C(C)(C)C)c(O)c(C(C)(C)C)c1)c1cc(C(C)(C)C)c(O)c(C(C)(C)C)c1. The van der Waals surface area contributed by atoms with E-state index in [1.165, 1.54) is 11.1 Å². The molecule has 0 bridgehead atoms. The van der Waals surface area contributed by atoms with E-state index in [4.69, 9.17) is 0 Å². The summed E-state index contributed by atoms with van der Waals surface area (Å²) in [6.07, 6.45) is 1.96. The van der Waals surface area contributed by atoms with Gasteiger partial charge in [0.25, 0.3) is 0 Å². The first-order valence-corrected chi connectivity index (χ1v) is 12.9. The zero-order valence-electron chi connectivity index (χ0n) is 24.2. The van der Waals surface area contributed by atoms with Crippen LogP contribution in [-0.4, -0.2) is 10.2 Å². The molecule has 0 spiro atoms. The van der Waals surface area contributed by atoms with Gasteiger partial charge in [0, 0.05) is 0 Å². The van der Waals surface area contributed by atoms with Gasteiger partial charge in [0.1, 0.15) is 11.5 Å². The molecule has 0 radical (unpaired) electrons. The van der Waals surface area contributed by atoms with Gasteiger partial charge in [-0.25, -0.2) is 0 Å². The van der Waals surface area contributed by atoms with Crippen molar-refractivity contribution in [1.82, 2.24) is 0 Å². The highest BCUT2D eigenvalue weighted by atomic mass is 16.3. The molecule has 2 heteroatoms. The lowest BCUT2D eigenvalue weighted by Crippen LogP contribution is -2.18. The van der Waals surface area contributed by atoms with E-state index in [0.717, 1.165) is 35.1 Å². The van der Waals surface area contributed by atoms with Crippen LogP contribution in [0.25, 0.3) is 0 Å². The summed E-state index contributed by atoms with van der Waals surface area (Å²) in [6.45, 7) is 28.3. The van der Waals surface area contributed by atoms with Crippen LogP contribution in [0.5, 0.6) is 11.5 Å². The predicted octanol–water partition coefficient (Wildman–Crippen LogP) is 9.02. The van der Waals surface area contributed by atoms with Crippen molar-refractivity contribution in [2.24, 2.45) is 0 Å². The van der Waals surface area contributed by atoms with Crippen molar-refractivity contribution in [1.29, 1.82) is 0 Å². The van der Waals surface area contributed by atoms with Crippen LogP contribution in [0.4, 0.5) is 0 Å². The second kappa shape index (κ2) is 9.25. The first-order chi connectivity index (χ1) is 15.1. The van der Waals surface area contributed by atoms with Gasteiger partial charge < -0.3 is 10.2 Å². The third-order valence-electron chi connectivity index (χ3n) is 6.97. The molecule has 0 fully saturated rings. The number of phenols is 2. The van der Waals surface area contributed by atoms with Gasteiger partial charge in [-0.3, -0.25) is 0 Å². The molecular formula is C32H50O2.